The maximum Gasteiger partial charge on any atom is 0.274 e. The molecule has 1 aromatic rings. The van der Waals surface area contributed by atoms with Crippen LogP contribution in [0.4, 0.5) is 5.69 Å². The quantitative estimate of drug-likeness (QED) is 0.623. The van der Waals surface area contributed by atoms with Crippen molar-refractivity contribution < 1.29 is 10.0 Å². The maximum absolute atomic E-state index is 10.9. The van der Waals surface area contributed by atoms with Crippen molar-refractivity contribution in [3.63, 3.8) is 0 Å². The highest BCUT2D eigenvalue weighted by Gasteiger charge is 2.28. The number of hydrogen-bond acceptors (Lipinski definition) is 4. The van der Waals surface area contributed by atoms with Gasteiger partial charge in [0, 0.05) is 12.1 Å². The Labute approximate surface area is 99.4 Å². The Balaban J connectivity index is 2.34. The second kappa shape index (κ2) is 4.71. The Bertz CT molecular complexity index is 428. The number of aromatic hydroxyl groups is 1. The van der Waals surface area contributed by atoms with Gasteiger partial charge in [-0.25, -0.2) is 0 Å². The number of nitro benzene ring substituents is 1. The highest BCUT2D eigenvalue weighted by atomic mass is 16.6. The smallest absolute Gasteiger partial charge is 0.274 e. The fourth-order valence-corrected chi connectivity index (χ4v) is 2.55. The van der Waals surface area contributed by atoms with Crippen molar-refractivity contribution in [2.45, 2.75) is 31.7 Å². The summed E-state index contributed by atoms with van der Waals surface area (Å²) in [4.78, 5) is 10.5. The molecular formula is C12H16N2O3. The molecule has 1 aromatic carbocycles. The van der Waals surface area contributed by atoms with Crippen molar-refractivity contribution in [2.75, 3.05) is 0 Å². The Morgan fingerprint density at radius 1 is 1.41 bits per heavy atom. The van der Waals surface area contributed by atoms with Crippen LogP contribution in [0.1, 0.15) is 37.3 Å². The lowest BCUT2D eigenvalue weighted by Gasteiger charge is -2.19. The number of hydrogen-bond donors (Lipinski definition) is 2. The molecule has 0 saturated heterocycles. The lowest BCUT2D eigenvalue weighted by Crippen LogP contribution is -2.20. The van der Waals surface area contributed by atoms with E-state index >= 15 is 0 Å². The standard InChI is InChI=1S/C12H16N2O3/c13-12(8-3-1-2-4-8)10-7-9(15)5-6-11(10)14(16)17/h5-8,12,15H,1-4,13H2/t12-/m1/s1. The molecule has 5 nitrogen and oxygen atoms in total. The maximum atomic E-state index is 10.9. The van der Waals surface area contributed by atoms with Crippen LogP contribution in [-0.4, -0.2) is 10.0 Å². The van der Waals surface area contributed by atoms with Crippen molar-refractivity contribution >= 4 is 5.69 Å². The lowest BCUT2D eigenvalue weighted by molar-refractivity contribution is -0.385. The monoisotopic (exact) mass is 236 g/mol. The summed E-state index contributed by atoms with van der Waals surface area (Å²) in [6.07, 6.45) is 4.28. The second-order valence-electron chi connectivity index (χ2n) is 4.57. The number of phenolic OH excluding ortho intramolecular Hbond substituents is 1. The summed E-state index contributed by atoms with van der Waals surface area (Å²) in [5.74, 6) is 0.314. The first-order valence-electron chi connectivity index (χ1n) is 5.82. The Morgan fingerprint density at radius 3 is 2.65 bits per heavy atom. The number of phenols is 1. The first kappa shape index (κ1) is 11.9. The van der Waals surface area contributed by atoms with Gasteiger partial charge in [0.25, 0.3) is 5.69 Å². The number of nitrogens with zero attached hydrogens (tertiary/aromatic N) is 1. The number of rotatable bonds is 3. The summed E-state index contributed by atoms with van der Waals surface area (Å²) in [7, 11) is 0. The Kier molecular flexibility index (Phi) is 3.28. The zero-order valence-electron chi connectivity index (χ0n) is 9.50. The molecule has 1 atom stereocenters. The largest absolute Gasteiger partial charge is 0.508 e. The van der Waals surface area contributed by atoms with E-state index < -0.39 is 4.92 Å². The van der Waals surface area contributed by atoms with E-state index in [4.69, 9.17) is 5.73 Å². The van der Waals surface area contributed by atoms with Gasteiger partial charge in [0.05, 0.1) is 10.5 Å². The fraction of sp³-hybridized carbons (Fsp3) is 0.500. The van der Waals surface area contributed by atoms with E-state index in [2.05, 4.69) is 0 Å². The predicted molar refractivity (Wildman–Crippen MR) is 63.6 cm³/mol. The van der Waals surface area contributed by atoms with Crippen LogP contribution < -0.4 is 5.73 Å². The minimum absolute atomic E-state index is 0.00204. The zero-order chi connectivity index (χ0) is 12.4. The molecule has 1 aliphatic rings. The van der Waals surface area contributed by atoms with Crippen LogP contribution in [0.25, 0.3) is 0 Å². The van der Waals surface area contributed by atoms with Gasteiger partial charge in [-0.15, -0.1) is 0 Å². The van der Waals surface area contributed by atoms with Gasteiger partial charge < -0.3 is 10.8 Å². The van der Waals surface area contributed by atoms with Gasteiger partial charge in [-0.1, -0.05) is 12.8 Å². The average Bonchev–Trinajstić information content (AvgIpc) is 2.80. The molecule has 0 aromatic heterocycles. The minimum atomic E-state index is -0.441. The molecule has 0 bridgehead atoms. The van der Waals surface area contributed by atoms with E-state index in [1.54, 1.807) is 0 Å². The van der Waals surface area contributed by atoms with E-state index in [9.17, 15) is 15.2 Å². The summed E-state index contributed by atoms with van der Waals surface area (Å²) < 4.78 is 0. The van der Waals surface area contributed by atoms with Crippen LogP contribution in [0.15, 0.2) is 18.2 Å². The van der Waals surface area contributed by atoms with Crippen LogP contribution in [0.2, 0.25) is 0 Å². The lowest BCUT2D eigenvalue weighted by atomic mass is 9.91. The van der Waals surface area contributed by atoms with Crippen LogP contribution in [0.3, 0.4) is 0 Å². The van der Waals surface area contributed by atoms with E-state index in [0.29, 0.717) is 5.56 Å². The molecule has 0 radical (unpaired) electrons. The van der Waals surface area contributed by atoms with E-state index in [1.165, 1.54) is 18.2 Å². The Hall–Kier alpha value is -1.62. The molecule has 92 valence electrons. The molecule has 2 rings (SSSR count). The number of benzene rings is 1. The fourth-order valence-electron chi connectivity index (χ4n) is 2.55. The van der Waals surface area contributed by atoms with E-state index in [-0.39, 0.29) is 23.4 Å². The summed E-state index contributed by atoms with van der Waals surface area (Å²) in [5.41, 5.74) is 6.54. The van der Waals surface area contributed by atoms with Crippen molar-refractivity contribution in [1.82, 2.24) is 0 Å². The van der Waals surface area contributed by atoms with Crippen molar-refractivity contribution in [1.29, 1.82) is 0 Å². The SMILES string of the molecule is N[C@@H](c1cc(O)ccc1[N+](=O)[O-])C1CCCC1. The molecule has 0 unspecified atom stereocenters. The third-order valence-electron chi connectivity index (χ3n) is 3.47. The van der Waals surface area contributed by atoms with Gasteiger partial charge in [-0.05, 0) is 30.9 Å². The van der Waals surface area contributed by atoms with Gasteiger partial charge in [-0.2, -0.15) is 0 Å². The summed E-state index contributed by atoms with van der Waals surface area (Å²) in [5, 5.41) is 20.4. The molecular weight excluding hydrogens is 220 g/mol. The molecule has 1 aliphatic carbocycles. The summed E-state index contributed by atoms with van der Waals surface area (Å²) >= 11 is 0. The van der Waals surface area contributed by atoms with Crippen LogP contribution in [0.5, 0.6) is 5.75 Å². The normalized spacial score (nSPS) is 18.2. The van der Waals surface area contributed by atoms with Gasteiger partial charge >= 0.3 is 0 Å². The van der Waals surface area contributed by atoms with E-state index in [1.807, 2.05) is 0 Å². The van der Waals surface area contributed by atoms with E-state index in [0.717, 1.165) is 25.7 Å². The first-order chi connectivity index (χ1) is 8.09. The molecule has 17 heavy (non-hydrogen) atoms. The van der Waals surface area contributed by atoms with Crippen LogP contribution >= 0.6 is 0 Å². The molecule has 0 heterocycles. The molecule has 1 fully saturated rings. The van der Waals surface area contributed by atoms with Gasteiger partial charge in [0.1, 0.15) is 5.75 Å². The third kappa shape index (κ3) is 2.39. The Morgan fingerprint density at radius 2 is 2.06 bits per heavy atom. The molecule has 0 spiro atoms. The first-order valence-corrected chi connectivity index (χ1v) is 5.82. The second-order valence-corrected chi connectivity index (χ2v) is 4.57. The van der Waals surface area contributed by atoms with Crippen LogP contribution in [-0.2, 0) is 0 Å². The average molecular weight is 236 g/mol. The predicted octanol–water partition coefficient (Wildman–Crippen LogP) is 2.49. The van der Waals surface area contributed by atoms with Gasteiger partial charge in [0.15, 0.2) is 0 Å². The van der Waals surface area contributed by atoms with Crippen molar-refractivity contribution in [3.8, 4) is 5.75 Å². The zero-order valence-corrected chi connectivity index (χ0v) is 9.50. The number of nitrogens with two attached hydrogens (primary N) is 1. The highest BCUT2D eigenvalue weighted by Crippen LogP contribution is 2.38. The number of nitro groups is 1. The van der Waals surface area contributed by atoms with Crippen molar-refractivity contribution in [3.05, 3.63) is 33.9 Å². The summed E-state index contributed by atoms with van der Waals surface area (Å²) in [6.45, 7) is 0. The van der Waals surface area contributed by atoms with Gasteiger partial charge in [0.2, 0.25) is 0 Å². The highest BCUT2D eigenvalue weighted by molar-refractivity contribution is 5.46. The van der Waals surface area contributed by atoms with Crippen LogP contribution in [0, 0.1) is 16.0 Å². The molecule has 5 heteroatoms. The molecule has 3 N–H and O–H groups in total. The minimum Gasteiger partial charge on any atom is -0.508 e. The summed E-state index contributed by atoms with van der Waals surface area (Å²) in [6, 6.07) is 3.70. The molecule has 0 amide bonds. The van der Waals surface area contributed by atoms with Crippen molar-refractivity contribution in [2.24, 2.45) is 11.7 Å². The van der Waals surface area contributed by atoms with Gasteiger partial charge in [-0.3, -0.25) is 10.1 Å². The topological polar surface area (TPSA) is 89.4 Å². The molecule has 1 saturated carbocycles. The molecule has 0 aliphatic heterocycles. The third-order valence-corrected chi connectivity index (χ3v) is 3.47.